The van der Waals surface area contributed by atoms with Crippen LogP contribution in [0.3, 0.4) is 0 Å². The van der Waals surface area contributed by atoms with Crippen molar-refractivity contribution in [2.24, 2.45) is 0 Å². The zero-order valence-corrected chi connectivity index (χ0v) is 12.4. The van der Waals surface area contributed by atoms with E-state index >= 15 is 0 Å². The Labute approximate surface area is 131 Å². The Kier molecular flexibility index (Phi) is 6.20. The maximum Gasteiger partial charge on any atom is 0.416 e. The number of aliphatic hydroxyl groups excluding tert-OH is 1. The van der Waals surface area contributed by atoms with E-state index in [1.54, 1.807) is 18.2 Å². The molecule has 2 N–H and O–H groups in total. The number of hydrogen-bond donors (Lipinski definition) is 2. The van der Waals surface area contributed by atoms with Crippen molar-refractivity contribution in [3.8, 4) is 11.3 Å². The summed E-state index contributed by atoms with van der Waals surface area (Å²) in [6, 6.07) is 8.40. The molecule has 0 radical (unpaired) electrons. The van der Waals surface area contributed by atoms with Gasteiger partial charge in [-0.2, -0.15) is 13.2 Å². The van der Waals surface area contributed by atoms with Crippen LogP contribution < -0.4 is 5.32 Å². The highest BCUT2D eigenvalue weighted by atomic mass is 19.4. The molecule has 126 valence electrons. The van der Waals surface area contributed by atoms with Gasteiger partial charge in [0, 0.05) is 12.1 Å². The lowest BCUT2D eigenvalue weighted by Crippen LogP contribution is -2.19. The highest BCUT2D eigenvalue weighted by molar-refractivity contribution is 5.58. The summed E-state index contributed by atoms with van der Waals surface area (Å²) in [5.41, 5.74) is -0.315. The van der Waals surface area contributed by atoms with Crippen LogP contribution in [0.15, 0.2) is 40.8 Å². The fourth-order valence-corrected chi connectivity index (χ4v) is 2.00. The second-order valence-electron chi connectivity index (χ2n) is 4.86. The molecule has 0 spiro atoms. The van der Waals surface area contributed by atoms with Gasteiger partial charge in [-0.05, 0) is 24.3 Å². The summed E-state index contributed by atoms with van der Waals surface area (Å²) >= 11 is 0. The number of ether oxygens (including phenoxy) is 1. The van der Waals surface area contributed by atoms with Gasteiger partial charge in [0.15, 0.2) is 0 Å². The monoisotopic (exact) mass is 329 g/mol. The molecule has 23 heavy (non-hydrogen) atoms. The maximum absolute atomic E-state index is 12.7. The molecule has 2 rings (SSSR count). The predicted octanol–water partition coefficient (Wildman–Crippen LogP) is 3.06. The van der Waals surface area contributed by atoms with Gasteiger partial charge in [0.1, 0.15) is 11.5 Å². The van der Waals surface area contributed by atoms with E-state index in [1.165, 1.54) is 6.07 Å². The molecule has 0 atom stereocenters. The zero-order chi connectivity index (χ0) is 16.7. The average molecular weight is 329 g/mol. The standard InChI is InChI=1S/C16H18F3NO3/c17-16(18,19)13-3-1-2-12(10-13)15-5-4-14(23-15)11-20-6-8-22-9-7-21/h1-5,10,20-21H,6-9,11H2. The van der Waals surface area contributed by atoms with Crippen molar-refractivity contribution in [1.82, 2.24) is 5.32 Å². The van der Waals surface area contributed by atoms with E-state index in [-0.39, 0.29) is 6.61 Å². The summed E-state index contributed by atoms with van der Waals surface area (Å²) in [4.78, 5) is 0. The Morgan fingerprint density at radius 1 is 1.13 bits per heavy atom. The predicted molar refractivity (Wildman–Crippen MR) is 78.8 cm³/mol. The molecular formula is C16H18F3NO3. The van der Waals surface area contributed by atoms with Gasteiger partial charge in [-0.3, -0.25) is 0 Å². The topological polar surface area (TPSA) is 54.6 Å². The van der Waals surface area contributed by atoms with E-state index in [1.807, 2.05) is 0 Å². The summed E-state index contributed by atoms with van der Waals surface area (Å²) in [7, 11) is 0. The van der Waals surface area contributed by atoms with Gasteiger partial charge in [-0.1, -0.05) is 12.1 Å². The maximum atomic E-state index is 12.7. The van der Waals surface area contributed by atoms with Gasteiger partial charge in [-0.15, -0.1) is 0 Å². The number of nitrogens with one attached hydrogen (secondary N) is 1. The van der Waals surface area contributed by atoms with E-state index in [0.717, 1.165) is 12.1 Å². The molecule has 0 saturated carbocycles. The van der Waals surface area contributed by atoms with Crippen molar-refractivity contribution < 1.29 is 27.4 Å². The minimum atomic E-state index is -4.37. The first-order valence-electron chi connectivity index (χ1n) is 7.16. The largest absolute Gasteiger partial charge is 0.460 e. The van der Waals surface area contributed by atoms with Gasteiger partial charge in [0.05, 0.1) is 31.9 Å². The van der Waals surface area contributed by atoms with E-state index in [2.05, 4.69) is 5.32 Å². The fraction of sp³-hybridized carbons (Fsp3) is 0.375. The Bertz CT molecular complexity index is 611. The van der Waals surface area contributed by atoms with Crippen molar-refractivity contribution in [2.75, 3.05) is 26.4 Å². The third kappa shape index (κ3) is 5.38. The number of alkyl halides is 3. The lowest BCUT2D eigenvalue weighted by atomic mass is 10.1. The van der Waals surface area contributed by atoms with Crippen LogP contribution in [0, 0.1) is 0 Å². The normalized spacial score (nSPS) is 11.8. The number of aliphatic hydroxyl groups is 1. The Morgan fingerprint density at radius 2 is 1.96 bits per heavy atom. The molecule has 0 saturated heterocycles. The Hall–Kier alpha value is -1.83. The SMILES string of the molecule is OCCOCCNCc1ccc(-c2cccc(C(F)(F)F)c2)o1. The van der Waals surface area contributed by atoms with Crippen molar-refractivity contribution >= 4 is 0 Å². The molecule has 0 amide bonds. The molecule has 0 unspecified atom stereocenters. The van der Waals surface area contributed by atoms with Gasteiger partial charge in [0.25, 0.3) is 0 Å². The Morgan fingerprint density at radius 3 is 2.70 bits per heavy atom. The van der Waals surface area contributed by atoms with Crippen LogP contribution in [0.2, 0.25) is 0 Å². The molecule has 2 aromatic rings. The van der Waals surface area contributed by atoms with Crippen LogP contribution in [0.1, 0.15) is 11.3 Å². The third-order valence-corrected chi connectivity index (χ3v) is 3.09. The van der Waals surface area contributed by atoms with Crippen LogP contribution in [0.25, 0.3) is 11.3 Å². The molecular weight excluding hydrogens is 311 g/mol. The van der Waals surface area contributed by atoms with Crippen LogP contribution >= 0.6 is 0 Å². The molecule has 1 aromatic heterocycles. The Balaban J connectivity index is 1.92. The summed E-state index contributed by atoms with van der Waals surface area (Å²) in [6.45, 7) is 1.77. The first kappa shape index (κ1) is 17.5. The molecule has 4 nitrogen and oxygen atoms in total. The van der Waals surface area contributed by atoms with Gasteiger partial charge in [0.2, 0.25) is 0 Å². The van der Waals surface area contributed by atoms with E-state index < -0.39 is 11.7 Å². The van der Waals surface area contributed by atoms with E-state index in [9.17, 15) is 13.2 Å². The highest BCUT2D eigenvalue weighted by Gasteiger charge is 2.30. The lowest BCUT2D eigenvalue weighted by molar-refractivity contribution is -0.137. The van der Waals surface area contributed by atoms with Crippen molar-refractivity contribution in [1.29, 1.82) is 0 Å². The van der Waals surface area contributed by atoms with Crippen LogP contribution in [-0.4, -0.2) is 31.5 Å². The molecule has 0 fully saturated rings. The molecule has 0 aliphatic carbocycles. The number of hydrogen-bond acceptors (Lipinski definition) is 4. The molecule has 1 aromatic carbocycles. The fourth-order valence-electron chi connectivity index (χ4n) is 2.00. The van der Waals surface area contributed by atoms with Crippen LogP contribution in [-0.2, 0) is 17.5 Å². The smallest absolute Gasteiger partial charge is 0.416 e. The summed E-state index contributed by atoms with van der Waals surface area (Å²) in [6.07, 6.45) is -4.37. The minimum absolute atomic E-state index is 0.0153. The summed E-state index contributed by atoms with van der Waals surface area (Å²) in [5.74, 6) is 1.02. The van der Waals surface area contributed by atoms with Gasteiger partial charge >= 0.3 is 6.18 Å². The minimum Gasteiger partial charge on any atom is -0.460 e. The quantitative estimate of drug-likeness (QED) is 0.731. The number of benzene rings is 1. The first-order chi connectivity index (χ1) is 11.0. The van der Waals surface area contributed by atoms with Crippen molar-refractivity contribution in [3.05, 3.63) is 47.7 Å². The highest BCUT2D eigenvalue weighted by Crippen LogP contribution is 2.32. The number of furan rings is 1. The van der Waals surface area contributed by atoms with Crippen molar-refractivity contribution in [3.63, 3.8) is 0 Å². The lowest BCUT2D eigenvalue weighted by Gasteiger charge is -2.07. The van der Waals surface area contributed by atoms with Crippen molar-refractivity contribution in [2.45, 2.75) is 12.7 Å². The third-order valence-electron chi connectivity index (χ3n) is 3.09. The number of rotatable bonds is 8. The van der Waals surface area contributed by atoms with Gasteiger partial charge < -0.3 is 19.6 Å². The van der Waals surface area contributed by atoms with Gasteiger partial charge in [-0.25, -0.2) is 0 Å². The van der Waals surface area contributed by atoms with E-state index in [0.29, 0.717) is 43.4 Å². The number of halogens is 3. The first-order valence-corrected chi connectivity index (χ1v) is 7.16. The molecule has 0 aliphatic heterocycles. The zero-order valence-electron chi connectivity index (χ0n) is 12.4. The molecule has 0 bridgehead atoms. The summed E-state index contributed by atoms with van der Waals surface area (Å²) < 4.78 is 48.8. The molecule has 0 aliphatic rings. The second-order valence-corrected chi connectivity index (χ2v) is 4.86. The van der Waals surface area contributed by atoms with Crippen LogP contribution in [0.5, 0.6) is 0 Å². The van der Waals surface area contributed by atoms with Crippen LogP contribution in [0.4, 0.5) is 13.2 Å². The van der Waals surface area contributed by atoms with E-state index in [4.69, 9.17) is 14.3 Å². The average Bonchev–Trinajstić information content (AvgIpc) is 2.99. The molecule has 1 heterocycles. The summed E-state index contributed by atoms with van der Waals surface area (Å²) in [5, 5.41) is 11.6. The molecule has 7 heteroatoms. The second kappa shape index (κ2) is 8.14.